The van der Waals surface area contributed by atoms with E-state index in [1.165, 1.54) is 5.69 Å². The molecule has 0 aliphatic carbocycles. The molecule has 86 valence electrons. The number of likely N-dealkylation sites (N-methyl/N-ethyl adjacent to an activating group) is 2. The van der Waals surface area contributed by atoms with Crippen LogP contribution < -0.4 is 5.32 Å². The highest BCUT2D eigenvalue weighted by atomic mass is 15.3. The normalized spacial score (nSPS) is 13.4. The van der Waals surface area contributed by atoms with Crippen molar-refractivity contribution in [3.8, 4) is 0 Å². The van der Waals surface area contributed by atoms with E-state index in [9.17, 15) is 0 Å². The third kappa shape index (κ3) is 3.32. The van der Waals surface area contributed by atoms with Gasteiger partial charge in [-0.2, -0.15) is 5.10 Å². The maximum Gasteiger partial charge on any atom is 0.0620 e. The molecule has 1 aromatic rings. The molecule has 0 aliphatic heterocycles. The number of nitrogens with one attached hydrogen (secondary N) is 1. The lowest BCUT2D eigenvalue weighted by molar-refractivity contribution is 0.333. The van der Waals surface area contributed by atoms with Crippen LogP contribution in [0.1, 0.15) is 25.6 Å². The Hall–Kier alpha value is -0.870. The molecule has 4 heteroatoms. The summed E-state index contributed by atoms with van der Waals surface area (Å²) in [6.07, 6.45) is 1.87. The van der Waals surface area contributed by atoms with Gasteiger partial charge in [0, 0.05) is 19.3 Å². The van der Waals surface area contributed by atoms with E-state index in [2.05, 4.69) is 54.0 Å². The van der Waals surface area contributed by atoms with Crippen LogP contribution in [0.15, 0.2) is 12.3 Å². The average molecular weight is 210 g/mol. The van der Waals surface area contributed by atoms with E-state index in [1.807, 2.05) is 6.20 Å². The molecular formula is C11H22N4. The Balaban J connectivity index is 2.78. The second kappa shape index (κ2) is 5.88. The van der Waals surface area contributed by atoms with Gasteiger partial charge in [-0.05, 0) is 33.6 Å². The summed E-state index contributed by atoms with van der Waals surface area (Å²) in [5, 5.41) is 7.79. The second-order valence-electron chi connectivity index (χ2n) is 3.94. The number of hydrogen-bond acceptors (Lipinski definition) is 3. The SMILES string of the molecule is CCNC(CN(C)C)c1ccnn1CC. The lowest BCUT2D eigenvalue weighted by Gasteiger charge is -2.22. The van der Waals surface area contributed by atoms with E-state index < -0.39 is 0 Å². The lowest BCUT2D eigenvalue weighted by Crippen LogP contribution is -2.32. The van der Waals surface area contributed by atoms with Gasteiger partial charge in [0.2, 0.25) is 0 Å². The van der Waals surface area contributed by atoms with Gasteiger partial charge >= 0.3 is 0 Å². The summed E-state index contributed by atoms with van der Waals surface area (Å²) in [5.41, 5.74) is 1.27. The van der Waals surface area contributed by atoms with Crippen LogP contribution in [0.5, 0.6) is 0 Å². The van der Waals surface area contributed by atoms with E-state index in [-0.39, 0.29) is 0 Å². The quantitative estimate of drug-likeness (QED) is 0.763. The molecule has 0 saturated carbocycles. The van der Waals surface area contributed by atoms with Gasteiger partial charge in [-0.25, -0.2) is 0 Å². The molecule has 0 bridgehead atoms. The molecule has 0 amide bonds. The van der Waals surface area contributed by atoms with E-state index >= 15 is 0 Å². The molecule has 0 fully saturated rings. The van der Waals surface area contributed by atoms with Crippen LogP contribution >= 0.6 is 0 Å². The van der Waals surface area contributed by atoms with Crippen LogP contribution in [-0.4, -0.2) is 41.9 Å². The molecule has 0 spiro atoms. The third-order valence-corrected chi connectivity index (χ3v) is 2.40. The van der Waals surface area contributed by atoms with Gasteiger partial charge in [0.25, 0.3) is 0 Å². The third-order valence-electron chi connectivity index (χ3n) is 2.40. The number of hydrogen-bond donors (Lipinski definition) is 1. The molecule has 0 aromatic carbocycles. The first kappa shape index (κ1) is 12.2. The van der Waals surface area contributed by atoms with Gasteiger partial charge in [-0.3, -0.25) is 4.68 Å². The van der Waals surface area contributed by atoms with Crippen LogP contribution in [0.25, 0.3) is 0 Å². The molecule has 4 nitrogen and oxygen atoms in total. The summed E-state index contributed by atoms with van der Waals surface area (Å²) in [6.45, 7) is 7.16. The zero-order valence-corrected chi connectivity index (χ0v) is 10.2. The minimum Gasteiger partial charge on any atom is -0.308 e. The minimum absolute atomic E-state index is 0.368. The average Bonchev–Trinajstić information content (AvgIpc) is 2.64. The first-order valence-corrected chi connectivity index (χ1v) is 5.58. The topological polar surface area (TPSA) is 33.1 Å². The summed E-state index contributed by atoms with van der Waals surface area (Å²) in [7, 11) is 4.19. The smallest absolute Gasteiger partial charge is 0.0620 e. The Bertz CT molecular complexity index is 280. The number of aromatic nitrogens is 2. The number of aryl methyl sites for hydroxylation is 1. The molecule has 1 rings (SSSR count). The molecule has 1 aromatic heterocycles. The molecule has 1 atom stereocenters. The molecule has 1 unspecified atom stereocenters. The fourth-order valence-corrected chi connectivity index (χ4v) is 1.78. The van der Waals surface area contributed by atoms with Crippen molar-refractivity contribution in [1.82, 2.24) is 20.0 Å². The van der Waals surface area contributed by atoms with Crippen molar-refractivity contribution in [2.75, 3.05) is 27.2 Å². The van der Waals surface area contributed by atoms with E-state index in [0.717, 1.165) is 19.6 Å². The molecule has 0 saturated heterocycles. The Morgan fingerprint density at radius 2 is 2.20 bits per heavy atom. The van der Waals surface area contributed by atoms with E-state index in [4.69, 9.17) is 0 Å². The largest absolute Gasteiger partial charge is 0.308 e. The van der Waals surface area contributed by atoms with Crippen LogP contribution in [0.4, 0.5) is 0 Å². The standard InChI is InChI=1S/C11H22N4/c1-5-12-10(9-14(3)4)11-7-8-13-15(11)6-2/h7-8,10,12H,5-6,9H2,1-4H3. The fourth-order valence-electron chi connectivity index (χ4n) is 1.78. The minimum atomic E-state index is 0.368. The maximum atomic E-state index is 4.30. The van der Waals surface area contributed by atoms with Gasteiger partial charge < -0.3 is 10.2 Å². The van der Waals surface area contributed by atoms with Crippen LogP contribution in [-0.2, 0) is 6.54 Å². The van der Waals surface area contributed by atoms with Crippen LogP contribution in [0.2, 0.25) is 0 Å². The van der Waals surface area contributed by atoms with Crippen molar-refractivity contribution in [2.24, 2.45) is 0 Å². The van der Waals surface area contributed by atoms with Crippen molar-refractivity contribution < 1.29 is 0 Å². The molecule has 0 aliphatic rings. The van der Waals surface area contributed by atoms with Crippen LogP contribution in [0.3, 0.4) is 0 Å². The van der Waals surface area contributed by atoms with Gasteiger partial charge in [0.05, 0.1) is 11.7 Å². The monoisotopic (exact) mass is 210 g/mol. The van der Waals surface area contributed by atoms with E-state index in [0.29, 0.717) is 6.04 Å². The van der Waals surface area contributed by atoms with Crippen molar-refractivity contribution in [2.45, 2.75) is 26.4 Å². The van der Waals surface area contributed by atoms with Crippen molar-refractivity contribution in [3.05, 3.63) is 18.0 Å². The first-order valence-electron chi connectivity index (χ1n) is 5.58. The van der Waals surface area contributed by atoms with Gasteiger partial charge in [0.1, 0.15) is 0 Å². The fraction of sp³-hybridized carbons (Fsp3) is 0.727. The zero-order valence-electron chi connectivity index (χ0n) is 10.2. The highest BCUT2D eigenvalue weighted by Crippen LogP contribution is 2.12. The molecular weight excluding hydrogens is 188 g/mol. The Kier molecular flexibility index (Phi) is 4.78. The predicted octanol–water partition coefficient (Wildman–Crippen LogP) is 1.12. The summed E-state index contributed by atoms with van der Waals surface area (Å²) >= 11 is 0. The second-order valence-corrected chi connectivity index (χ2v) is 3.94. The Morgan fingerprint density at radius 3 is 2.73 bits per heavy atom. The Morgan fingerprint density at radius 1 is 1.47 bits per heavy atom. The lowest BCUT2D eigenvalue weighted by atomic mass is 10.2. The van der Waals surface area contributed by atoms with Gasteiger partial charge in [-0.15, -0.1) is 0 Å². The molecule has 1 N–H and O–H groups in total. The summed E-state index contributed by atoms with van der Waals surface area (Å²) in [6, 6.07) is 2.47. The maximum absolute atomic E-state index is 4.30. The van der Waals surface area contributed by atoms with E-state index in [1.54, 1.807) is 0 Å². The van der Waals surface area contributed by atoms with Crippen molar-refractivity contribution >= 4 is 0 Å². The van der Waals surface area contributed by atoms with Crippen molar-refractivity contribution in [1.29, 1.82) is 0 Å². The summed E-state index contributed by atoms with van der Waals surface area (Å²) in [4.78, 5) is 2.19. The van der Waals surface area contributed by atoms with Crippen molar-refractivity contribution in [3.63, 3.8) is 0 Å². The number of rotatable bonds is 6. The summed E-state index contributed by atoms with van der Waals surface area (Å²) < 4.78 is 2.05. The summed E-state index contributed by atoms with van der Waals surface area (Å²) in [5.74, 6) is 0. The molecule has 15 heavy (non-hydrogen) atoms. The molecule has 0 radical (unpaired) electrons. The van der Waals surface area contributed by atoms with Crippen LogP contribution in [0, 0.1) is 0 Å². The highest BCUT2D eigenvalue weighted by molar-refractivity contribution is 5.07. The zero-order chi connectivity index (χ0) is 11.3. The molecule has 1 heterocycles. The predicted molar refractivity (Wildman–Crippen MR) is 62.9 cm³/mol. The highest BCUT2D eigenvalue weighted by Gasteiger charge is 2.14. The van der Waals surface area contributed by atoms with Gasteiger partial charge in [-0.1, -0.05) is 6.92 Å². The first-order chi connectivity index (χ1) is 7.19. The number of nitrogens with zero attached hydrogens (tertiary/aromatic N) is 3. The van der Waals surface area contributed by atoms with Gasteiger partial charge in [0.15, 0.2) is 0 Å². The Labute approximate surface area is 92.3 Å².